The van der Waals surface area contributed by atoms with E-state index in [0.717, 1.165) is 44.9 Å². The quantitative estimate of drug-likeness (QED) is 0.660. The van der Waals surface area contributed by atoms with E-state index in [-0.39, 0.29) is 28.7 Å². The maximum absolute atomic E-state index is 13.5. The topological polar surface area (TPSA) is 57.7 Å². The van der Waals surface area contributed by atoms with E-state index in [9.17, 15) is 14.4 Å². The van der Waals surface area contributed by atoms with Crippen molar-refractivity contribution in [1.82, 2.24) is 9.80 Å². The van der Waals surface area contributed by atoms with Crippen LogP contribution >= 0.6 is 0 Å². The fourth-order valence-electron chi connectivity index (χ4n) is 7.78. The molecule has 0 bridgehead atoms. The standard InChI is InChI=1S/C25H38N2O3/c1-6-27(23(30)26(4)5)22(29)21-10-9-19-18-8-7-16-15-17(28)11-13-24(16,2)20(18)12-14-25(19,21)3/h15,18-21H,6-14H2,1-5H3/t18?,19?,20?,21?,24-,25-/m0/s1. The number of fused-ring (bicyclic) bond motifs is 5. The summed E-state index contributed by atoms with van der Waals surface area (Å²) in [5, 5.41) is 0. The van der Waals surface area contributed by atoms with Crippen molar-refractivity contribution in [2.45, 2.75) is 72.1 Å². The summed E-state index contributed by atoms with van der Waals surface area (Å²) in [5.74, 6) is 2.10. The van der Waals surface area contributed by atoms with Gasteiger partial charge in [-0.15, -0.1) is 0 Å². The first kappa shape index (κ1) is 21.6. The molecule has 6 atom stereocenters. The van der Waals surface area contributed by atoms with Crippen LogP contribution in [0.15, 0.2) is 11.6 Å². The Hall–Kier alpha value is -1.65. The lowest BCUT2D eigenvalue weighted by molar-refractivity contribution is -0.140. The van der Waals surface area contributed by atoms with Gasteiger partial charge in [0.15, 0.2) is 5.78 Å². The molecule has 5 nitrogen and oxygen atoms in total. The summed E-state index contributed by atoms with van der Waals surface area (Å²) in [4.78, 5) is 41.1. The van der Waals surface area contributed by atoms with Gasteiger partial charge < -0.3 is 4.90 Å². The molecule has 4 aliphatic carbocycles. The van der Waals surface area contributed by atoms with Gasteiger partial charge in [-0.05, 0) is 86.5 Å². The molecule has 166 valence electrons. The van der Waals surface area contributed by atoms with E-state index >= 15 is 0 Å². The van der Waals surface area contributed by atoms with E-state index in [2.05, 4.69) is 13.8 Å². The van der Waals surface area contributed by atoms with Gasteiger partial charge in [0.25, 0.3) is 0 Å². The number of nitrogens with zero attached hydrogens (tertiary/aromatic N) is 2. The first-order valence-electron chi connectivity index (χ1n) is 11.9. The molecule has 3 fully saturated rings. The second-order valence-corrected chi connectivity index (χ2v) is 10.9. The molecule has 0 aliphatic heterocycles. The predicted octanol–water partition coefficient (Wildman–Crippen LogP) is 4.66. The fourth-order valence-corrected chi connectivity index (χ4v) is 7.78. The first-order chi connectivity index (χ1) is 14.1. The van der Waals surface area contributed by atoms with Crippen LogP contribution in [0.1, 0.15) is 72.1 Å². The van der Waals surface area contributed by atoms with Gasteiger partial charge in [-0.3, -0.25) is 14.5 Å². The third-order valence-corrected chi connectivity index (χ3v) is 9.46. The van der Waals surface area contributed by atoms with Crippen LogP contribution in [0, 0.1) is 34.5 Å². The van der Waals surface area contributed by atoms with Crippen molar-refractivity contribution < 1.29 is 14.4 Å². The molecule has 4 unspecified atom stereocenters. The summed E-state index contributed by atoms with van der Waals surface area (Å²) in [6.07, 6.45) is 10.0. The van der Waals surface area contributed by atoms with Crippen molar-refractivity contribution in [2.24, 2.45) is 34.5 Å². The zero-order chi connectivity index (χ0) is 21.8. The zero-order valence-electron chi connectivity index (χ0n) is 19.4. The number of hydrogen-bond donors (Lipinski definition) is 0. The van der Waals surface area contributed by atoms with Crippen LogP contribution in [-0.2, 0) is 9.59 Å². The minimum Gasteiger partial charge on any atom is -0.330 e. The van der Waals surface area contributed by atoms with Gasteiger partial charge in [-0.1, -0.05) is 19.4 Å². The third-order valence-electron chi connectivity index (χ3n) is 9.46. The van der Waals surface area contributed by atoms with Crippen LogP contribution in [0.4, 0.5) is 4.79 Å². The van der Waals surface area contributed by atoms with E-state index < -0.39 is 0 Å². The molecule has 30 heavy (non-hydrogen) atoms. The molecule has 3 amide bonds. The molecule has 0 heterocycles. The minimum atomic E-state index is -0.199. The molecule has 0 aromatic rings. The summed E-state index contributed by atoms with van der Waals surface area (Å²) in [6.45, 7) is 7.05. The molecule has 0 radical (unpaired) electrons. The van der Waals surface area contributed by atoms with E-state index in [1.165, 1.54) is 15.4 Å². The van der Waals surface area contributed by atoms with Gasteiger partial charge in [0.05, 0.1) is 0 Å². The lowest BCUT2D eigenvalue weighted by atomic mass is 9.47. The maximum atomic E-state index is 13.5. The number of carbonyl (C=O) groups excluding carboxylic acids is 3. The molecule has 0 aromatic heterocycles. The van der Waals surface area contributed by atoms with Crippen LogP contribution in [0.3, 0.4) is 0 Å². The highest BCUT2D eigenvalue weighted by Gasteiger charge is 2.60. The van der Waals surface area contributed by atoms with Gasteiger partial charge in [0, 0.05) is 33.0 Å². The molecule has 0 saturated heterocycles. The molecule has 0 N–H and O–H groups in total. The molecular weight excluding hydrogens is 376 g/mol. The molecule has 3 saturated carbocycles. The van der Waals surface area contributed by atoms with Gasteiger partial charge in [0.1, 0.15) is 0 Å². The van der Waals surface area contributed by atoms with Gasteiger partial charge >= 0.3 is 6.03 Å². The monoisotopic (exact) mass is 414 g/mol. The highest BCUT2D eigenvalue weighted by atomic mass is 16.2. The van der Waals surface area contributed by atoms with E-state index in [0.29, 0.717) is 36.5 Å². The van der Waals surface area contributed by atoms with Gasteiger partial charge in [-0.25, -0.2) is 4.79 Å². The van der Waals surface area contributed by atoms with Crippen molar-refractivity contribution in [3.8, 4) is 0 Å². The van der Waals surface area contributed by atoms with E-state index in [1.54, 1.807) is 14.1 Å². The minimum absolute atomic E-state index is 0.0136. The van der Waals surface area contributed by atoms with E-state index in [4.69, 9.17) is 0 Å². The van der Waals surface area contributed by atoms with Crippen LogP contribution in [-0.4, -0.2) is 48.2 Å². The lowest BCUT2D eigenvalue weighted by Crippen LogP contribution is -2.53. The maximum Gasteiger partial charge on any atom is 0.326 e. The summed E-state index contributed by atoms with van der Waals surface area (Å²) in [5.41, 5.74) is 1.54. The van der Waals surface area contributed by atoms with E-state index in [1.807, 2.05) is 13.0 Å². The summed E-state index contributed by atoms with van der Waals surface area (Å²) >= 11 is 0. The molecule has 4 aliphatic rings. The Morgan fingerprint density at radius 2 is 1.77 bits per heavy atom. The SMILES string of the molecule is CCN(C(=O)C1CCC2C3CCC4=CC(=O)CC[C@]4(C)C3CC[C@]12C)C(=O)N(C)C. The zero-order valence-corrected chi connectivity index (χ0v) is 19.4. The number of amides is 3. The molecular formula is C25H38N2O3. The number of rotatable bonds is 2. The number of hydrogen-bond acceptors (Lipinski definition) is 3. The highest BCUT2D eigenvalue weighted by Crippen LogP contribution is 2.66. The Balaban J connectivity index is 1.59. The highest BCUT2D eigenvalue weighted by molar-refractivity contribution is 5.96. The Morgan fingerprint density at radius 1 is 1.03 bits per heavy atom. The molecule has 0 aromatic carbocycles. The largest absolute Gasteiger partial charge is 0.330 e. The number of imide groups is 1. The fraction of sp³-hybridized carbons (Fsp3) is 0.800. The smallest absolute Gasteiger partial charge is 0.326 e. The second-order valence-electron chi connectivity index (χ2n) is 10.9. The number of carbonyl (C=O) groups is 3. The van der Waals surface area contributed by atoms with Crippen LogP contribution in [0.2, 0.25) is 0 Å². The Morgan fingerprint density at radius 3 is 2.43 bits per heavy atom. The third kappa shape index (κ3) is 3.06. The van der Waals surface area contributed by atoms with Crippen molar-refractivity contribution >= 4 is 17.7 Å². The Labute approximate surface area is 181 Å². The van der Waals surface area contributed by atoms with Crippen molar-refractivity contribution in [1.29, 1.82) is 0 Å². The summed E-state index contributed by atoms with van der Waals surface area (Å²) in [6, 6.07) is -0.199. The number of ketones is 1. The predicted molar refractivity (Wildman–Crippen MR) is 117 cm³/mol. The van der Waals surface area contributed by atoms with Crippen molar-refractivity contribution in [2.75, 3.05) is 20.6 Å². The molecule has 0 spiro atoms. The summed E-state index contributed by atoms with van der Waals surface area (Å²) < 4.78 is 0. The second kappa shape index (κ2) is 7.49. The first-order valence-corrected chi connectivity index (χ1v) is 11.9. The molecule has 4 rings (SSSR count). The number of urea groups is 1. The van der Waals surface area contributed by atoms with Crippen LogP contribution in [0.5, 0.6) is 0 Å². The Kier molecular flexibility index (Phi) is 5.39. The van der Waals surface area contributed by atoms with Gasteiger partial charge in [0.2, 0.25) is 5.91 Å². The van der Waals surface area contributed by atoms with Crippen molar-refractivity contribution in [3.05, 3.63) is 11.6 Å². The van der Waals surface area contributed by atoms with Gasteiger partial charge in [-0.2, -0.15) is 0 Å². The van der Waals surface area contributed by atoms with Crippen LogP contribution < -0.4 is 0 Å². The average Bonchev–Trinajstić information content (AvgIpc) is 3.06. The molecule has 5 heteroatoms. The van der Waals surface area contributed by atoms with Crippen molar-refractivity contribution in [3.63, 3.8) is 0 Å². The average molecular weight is 415 g/mol. The lowest BCUT2D eigenvalue weighted by Gasteiger charge is -2.58. The number of allylic oxidation sites excluding steroid dienone is 1. The normalized spacial score (nSPS) is 40.0. The summed E-state index contributed by atoms with van der Waals surface area (Å²) in [7, 11) is 3.43. The van der Waals surface area contributed by atoms with Crippen LogP contribution in [0.25, 0.3) is 0 Å². The Bertz CT molecular complexity index is 787.